The number of ether oxygens (including phenoxy) is 1. The van der Waals surface area contributed by atoms with Gasteiger partial charge in [-0.2, -0.15) is 0 Å². The molecule has 0 amide bonds. The molecule has 0 aromatic carbocycles. The smallest absolute Gasteiger partial charge is 0.153 e. The first-order valence-electron chi connectivity index (χ1n) is 3.66. The van der Waals surface area contributed by atoms with Crippen molar-refractivity contribution in [3.8, 4) is 0 Å². The molecular formula is C8H12N2O. The van der Waals surface area contributed by atoms with Crippen molar-refractivity contribution in [1.82, 2.24) is 9.97 Å². The summed E-state index contributed by atoms with van der Waals surface area (Å²) in [5.41, 5.74) is 0. The highest BCUT2D eigenvalue weighted by molar-refractivity contribution is 4.86. The lowest BCUT2D eigenvalue weighted by Crippen LogP contribution is -2.04. The second kappa shape index (κ2) is 4.03. The van der Waals surface area contributed by atoms with Gasteiger partial charge in [0.1, 0.15) is 6.61 Å². The minimum atomic E-state index is 0.235. The maximum absolute atomic E-state index is 5.30. The lowest BCUT2D eigenvalue weighted by molar-refractivity contribution is 0.0612. The van der Waals surface area contributed by atoms with Crippen LogP contribution in [-0.2, 0) is 11.3 Å². The molecule has 0 N–H and O–H groups in total. The molecule has 0 aliphatic carbocycles. The van der Waals surface area contributed by atoms with Gasteiger partial charge in [0.15, 0.2) is 5.82 Å². The van der Waals surface area contributed by atoms with Crippen LogP contribution < -0.4 is 0 Å². The number of hydrogen-bond acceptors (Lipinski definition) is 3. The zero-order valence-corrected chi connectivity index (χ0v) is 6.82. The molecule has 11 heavy (non-hydrogen) atoms. The molecular weight excluding hydrogens is 140 g/mol. The maximum atomic E-state index is 5.30. The van der Waals surface area contributed by atoms with Crippen molar-refractivity contribution in [1.29, 1.82) is 0 Å². The average molecular weight is 152 g/mol. The molecule has 0 aliphatic heterocycles. The van der Waals surface area contributed by atoms with E-state index in [0.29, 0.717) is 6.61 Å². The summed E-state index contributed by atoms with van der Waals surface area (Å²) in [6, 6.07) is 1.79. The molecule has 0 spiro atoms. The fraction of sp³-hybridized carbons (Fsp3) is 0.500. The molecule has 0 saturated carbocycles. The Kier molecular flexibility index (Phi) is 2.98. The summed E-state index contributed by atoms with van der Waals surface area (Å²) in [6.45, 7) is 4.48. The first kappa shape index (κ1) is 8.14. The van der Waals surface area contributed by atoms with Gasteiger partial charge in [-0.05, 0) is 19.9 Å². The molecule has 0 saturated heterocycles. The standard InChI is InChI=1S/C8H12N2O/c1-7(2)11-6-8-9-4-3-5-10-8/h3-5,7H,6H2,1-2H3. The van der Waals surface area contributed by atoms with E-state index in [0.717, 1.165) is 5.82 Å². The van der Waals surface area contributed by atoms with Gasteiger partial charge in [0.05, 0.1) is 6.10 Å². The fourth-order valence-electron chi connectivity index (χ4n) is 0.646. The second-order valence-corrected chi connectivity index (χ2v) is 2.52. The van der Waals surface area contributed by atoms with Gasteiger partial charge < -0.3 is 4.74 Å². The molecule has 3 heteroatoms. The van der Waals surface area contributed by atoms with Crippen LogP contribution >= 0.6 is 0 Å². The van der Waals surface area contributed by atoms with Crippen molar-refractivity contribution in [3.05, 3.63) is 24.3 Å². The summed E-state index contributed by atoms with van der Waals surface area (Å²) in [5, 5.41) is 0. The van der Waals surface area contributed by atoms with Crippen LogP contribution in [0.5, 0.6) is 0 Å². The third-order valence-electron chi connectivity index (χ3n) is 1.17. The van der Waals surface area contributed by atoms with Gasteiger partial charge >= 0.3 is 0 Å². The van der Waals surface area contributed by atoms with E-state index in [1.807, 2.05) is 13.8 Å². The van der Waals surface area contributed by atoms with Crippen LogP contribution in [0.1, 0.15) is 19.7 Å². The molecule has 0 fully saturated rings. The van der Waals surface area contributed by atoms with E-state index in [-0.39, 0.29) is 6.10 Å². The van der Waals surface area contributed by atoms with Crippen molar-refractivity contribution in [3.63, 3.8) is 0 Å². The Labute approximate surface area is 66.4 Å². The summed E-state index contributed by atoms with van der Waals surface area (Å²) in [7, 11) is 0. The van der Waals surface area contributed by atoms with E-state index >= 15 is 0 Å². The number of aromatic nitrogens is 2. The second-order valence-electron chi connectivity index (χ2n) is 2.52. The van der Waals surface area contributed by atoms with Crippen LogP contribution in [-0.4, -0.2) is 16.1 Å². The first-order chi connectivity index (χ1) is 5.29. The molecule has 0 radical (unpaired) electrons. The Bertz CT molecular complexity index is 199. The Morgan fingerprint density at radius 2 is 2.00 bits per heavy atom. The van der Waals surface area contributed by atoms with Crippen LogP contribution in [0.2, 0.25) is 0 Å². The van der Waals surface area contributed by atoms with Gasteiger partial charge in [-0.1, -0.05) is 0 Å². The van der Waals surface area contributed by atoms with Gasteiger partial charge in [0.25, 0.3) is 0 Å². The summed E-state index contributed by atoms with van der Waals surface area (Å²) in [4.78, 5) is 8.03. The van der Waals surface area contributed by atoms with E-state index in [1.165, 1.54) is 0 Å². The highest BCUT2D eigenvalue weighted by Crippen LogP contribution is 1.94. The Morgan fingerprint density at radius 3 is 2.55 bits per heavy atom. The molecule has 1 aromatic heterocycles. The molecule has 1 heterocycles. The van der Waals surface area contributed by atoms with E-state index in [1.54, 1.807) is 18.5 Å². The van der Waals surface area contributed by atoms with Crippen LogP contribution in [0.4, 0.5) is 0 Å². The van der Waals surface area contributed by atoms with Crippen LogP contribution in [0.15, 0.2) is 18.5 Å². The van der Waals surface area contributed by atoms with Gasteiger partial charge in [-0.3, -0.25) is 0 Å². The predicted octanol–water partition coefficient (Wildman–Crippen LogP) is 1.40. The normalized spacial score (nSPS) is 10.5. The molecule has 0 atom stereocenters. The molecule has 1 rings (SSSR count). The molecule has 0 unspecified atom stereocenters. The number of nitrogens with zero attached hydrogens (tertiary/aromatic N) is 2. The number of hydrogen-bond donors (Lipinski definition) is 0. The van der Waals surface area contributed by atoms with Gasteiger partial charge in [0, 0.05) is 12.4 Å². The first-order valence-corrected chi connectivity index (χ1v) is 3.66. The SMILES string of the molecule is CC(C)OCc1ncccn1. The van der Waals surface area contributed by atoms with Crippen molar-refractivity contribution < 1.29 is 4.74 Å². The van der Waals surface area contributed by atoms with Crippen molar-refractivity contribution in [2.45, 2.75) is 26.6 Å². The van der Waals surface area contributed by atoms with Crippen molar-refractivity contribution >= 4 is 0 Å². The Morgan fingerprint density at radius 1 is 1.36 bits per heavy atom. The van der Waals surface area contributed by atoms with Gasteiger partial charge in [-0.25, -0.2) is 9.97 Å². The summed E-state index contributed by atoms with van der Waals surface area (Å²) in [5.74, 6) is 0.737. The van der Waals surface area contributed by atoms with Crippen molar-refractivity contribution in [2.24, 2.45) is 0 Å². The minimum absolute atomic E-state index is 0.235. The third kappa shape index (κ3) is 3.09. The van der Waals surface area contributed by atoms with E-state index in [4.69, 9.17) is 4.74 Å². The summed E-state index contributed by atoms with van der Waals surface area (Å²) in [6.07, 6.45) is 3.66. The Hall–Kier alpha value is -0.960. The highest BCUT2D eigenvalue weighted by atomic mass is 16.5. The van der Waals surface area contributed by atoms with Gasteiger partial charge in [-0.15, -0.1) is 0 Å². The molecule has 1 aromatic rings. The average Bonchev–Trinajstić information content (AvgIpc) is 2.03. The lowest BCUT2D eigenvalue weighted by Gasteiger charge is -2.04. The summed E-state index contributed by atoms with van der Waals surface area (Å²) >= 11 is 0. The Balaban J connectivity index is 2.39. The lowest BCUT2D eigenvalue weighted by atomic mass is 10.5. The number of rotatable bonds is 3. The third-order valence-corrected chi connectivity index (χ3v) is 1.17. The van der Waals surface area contributed by atoms with Crippen LogP contribution in [0.25, 0.3) is 0 Å². The zero-order chi connectivity index (χ0) is 8.10. The zero-order valence-electron chi connectivity index (χ0n) is 6.82. The molecule has 60 valence electrons. The van der Waals surface area contributed by atoms with E-state index in [2.05, 4.69) is 9.97 Å². The molecule has 3 nitrogen and oxygen atoms in total. The predicted molar refractivity (Wildman–Crippen MR) is 42.0 cm³/mol. The molecule has 0 bridgehead atoms. The van der Waals surface area contributed by atoms with Gasteiger partial charge in [0.2, 0.25) is 0 Å². The fourth-order valence-corrected chi connectivity index (χ4v) is 0.646. The monoisotopic (exact) mass is 152 g/mol. The van der Waals surface area contributed by atoms with Crippen molar-refractivity contribution in [2.75, 3.05) is 0 Å². The topological polar surface area (TPSA) is 35.0 Å². The van der Waals surface area contributed by atoms with E-state index < -0.39 is 0 Å². The highest BCUT2D eigenvalue weighted by Gasteiger charge is 1.96. The quantitative estimate of drug-likeness (QED) is 0.656. The maximum Gasteiger partial charge on any atom is 0.153 e. The van der Waals surface area contributed by atoms with Crippen LogP contribution in [0.3, 0.4) is 0 Å². The summed E-state index contributed by atoms with van der Waals surface area (Å²) < 4.78 is 5.30. The van der Waals surface area contributed by atoms with Crippen LogP contribution in [0, 0.1) is 0 Å². The van der Waals surface area contributed by atoms with E-state index in [9.17, 15) is 0 Å². The molecule has 0 aliphatic rings. The largest absolute Gasteiger partial charge is 0.371 e. The minimum Gasteiger partial charge on any atom is -0.371 e.